The maximum Gasteiger partial charge on any atom is 0.196 e. The number of phenols is 3. The maximum atomic E-state index is 12.1. The van der Waals surface area contributed by atoms with Crippen LogP contribution in [0.4, 0.5) is 0 Å². The van der Waals surface area contributed by atoms with Crippen molar-refractivity contribution >= 4 is 11.0 Å². The summed E-state index contributed by atoms with van der Waals surface area (Å²) < 4.78 is 10.7. The number of aromatic hydroxyl groups is 3. The predicted octanol–water partition coefficient (Wildman–Crippen LogP) is 2.70. The van der Waals surface area contributed by atoms with Gasteiger partial charge in [0.25, 0.3) is 0 Å². The van der Waals surface area contributed by atoms with E-state index in [0.717, 1.165) is 11.6 Å². The molecule has 3 rings (SSSR count). The molecule has 0 bridgehead atoms. The number of rotatable bonds is 4. The van der Waals surface area contributed by atoms with Gasteiger partial charge in [0.15, 0.2) is 16.9 Å². The largest absolute Gasteiger partial charge is 0.508 e. The average Bonchev–Trinajstić information content (AvgIpc) is 2.53. The molecule has 124 valence electrons. The van der Waals surface area contributed by atoms with Crippen molar-refractivity contribution in [2.45, 2.75) is 12.8 Å². The Morgan fingerprint density at radius 2 is 1.79 bits per heavy atom. The van der Waals surface area contributed by atoms with Gasteiger partial charge in [0, 0.05) is 24.6 Å². The lowest BCUT2D eigenvalue weighted by molar-refractivity contribution is 0.373. The first-order valence-electron chi connectivity index (χ1n) is 7.32. The quantitative estimate of drug-likeness (QED) is 0.681. The highest BCUT2D eigenvalue weighted by Crippen LogP contribution is 2.29. The molecule has 0 aliphatic rings. The summed E-state index contributed by atoms with van der Waals surface area (Å²) >= 11 is 0. The van der Waals surface area contributed by atoms with Crippen molar-refractivity contribution in [1.29, 1.82) is 0 Å². The second-order valence-corrected chi connectivity index (χ2v) is 5.42. The topological polar surface area (TPSA) is 100 Å². The van der Waals surface area contributed by atoms with E-state index in [-0.39, 0.29) is 33.6 Å². The minimum atomic E-state index is -0.368. The summed E-state index contributed by atoms with van der Waals surface area (Å²) in [7, 11) is 1.47. The molecule has 0 spiro atoms. The van der Waals surface area contributed by atoms with Crippen LogP contribution in [-0.2, 0) is 12.8 Å². The van der Waals surface area contributed by atoms with E-state index in [1.54, 1.807) is 18.2 Å². The van der Waals surface area contributed by atoms with Crippen molar-refractivity contribution < 1.29 is 24.5 Å². The third kappa shape index (κ3) is 2.99. The lowest BCUT2D eigenvalue weighted by Gasteiger charge is -2.07. The van der Waals surface area contributed by atoms with Crippen molar-refractivity contribution in [3.8, 4) is 23.0 Å². The highest BCUT2D eigenvalue weighted by Gasteiger charge is 2.11. The van der Waals surface area contributed by atoms with E-state index in [4.69, 9.17) is 9.15 Å². The Bertz CT molecular complexity index is 958. The Morgan fingerprint density at radius 3 is 2.54 bits per heavy atom. The van der Waals surface area contributed by atoms with Crippen LogP contribution in [-0.4, -0.2) is 22.4 Å². The molecule has 0 unspecified atom stereocenters. The standard InChI is InChI=1S/C18H16O6/c1-23-16-6-10(3-5-13(16)20)2-4-12-9-15(22)18-14(21)7-11(19)8-17(18)24-12/h3,5-9,19-21H,2,4H2,1H3. The van der Waals surface area contributed by atoms with Crippen LogP contribution in [0.2, 0.25) is 0 Å². The van der Waals surface area contributed by atoms with Crippen molar-refractivity contribution in [3.05, 3.63) is 57.9 Å². The Kier molecular flexibility index (Phi) is 4.04. The van der Waals surface area contributed by atoms with Gasteiger partial charge in [-0.25, -0.2) is 0 Å². The lowest BCUT2D eigenvalue weighted by atomic mass is 10.1. The van der Waals surface area contributed by atoms with Crippen LogP contribution >= 0.6 is 0 Å². The van der Waals surface area contributed by atoms with E-state index in [9.17, 15) is 20.1 Å². The van der Waals surface area contributed by atoms with Gasteiger partial charge in [-0.15, -0.1) is 0 Å². The van der Waals surface area contributed by atoms with Gasteiger partial charge in [0.2, 0.25) is 0 Å². The van der Waals surface area contributed by atoms with Crippen LogP contribution in [0, 0.1) is 0 Å². The first-order valence-corrected chi connectivity index (χ1v) is 7.32. The molecule has 2 aromatic carbocycles. The molecule has 1 aromatic heterocycles. The van der Waals surface area contributed by atoms with Crippen molar-refractivity contribution in [2.24, 2.45) is 0 Å². The van der Waals surface area contributed by atoms with Gasteiger partial charge in [-0.05, 0) is 24.1 Å². The van der Waals surface area contributed by atoms with Crippen LogP contribution in [0.1, 0.15) is 11.3 Å². The molecular formula is C18H16O6. The maximum absolute atomic E-state index is 12.1. The zero-order valence-corrected chi connectivity index (χ0v) is 12.9. The second-order valence-electron chi connectivity index (χ2n) is 5.42. The van der Waals surface area contributed by atoms with Crippen LogP contribution < -0.4 is 10.2 Å². The van der Waals surface area contributed by atoms with Crippen LogP contribution in [0.3, 0.4) is 0 Å². The molecule has 6 heteroatoms. The molecule has 0 amide bonds. The smallest absolute Gasteiger partial charge is 0.196 e. The summed E-state index contributed by atoms with van der Waals surface area (Å²) in [6.07, 6.45) is 1.01. The SMILES string of the molecule is COc1cc(CCc2cc(=O)c3c(O)cc(O)cc3o2)ccc1O. The number of fused-ring (bicyclic) bond motifs is 1. The average molecular weight is 328 g/mol. The van der Waals surface area contributed by atoms with Crippen LogP contribution in [0.5, 0.6) is 23.0 Å². The number of aryl methyl sites for hydroxylation is 2. The van der Waals surface area contributed by atoms with Gasteiger partial charge >= 0.3 is 0 Å². The molecule has 0 fully saturated rings. The molecule has 0 aliphatic heterocycles. The van der Waals surface area contributed by atoms with E-state index in [2.05, 4.69) is 0 Å². The number of benzene rings is 2. The summed E-state index contributed by atoms with van der Waals surface area (Å²) in [4.78, 5) is 12.1. The summed E-state index contributed by atoms with van der Waals surface area (Å²) in [5.74, 6) is 0.383. The molecule has 1 heterocycles. The summed E-state index contributed by atoms with van der Waals surface area (Å²) in [6.45, 7) is 0. The first kappa shape index (κ1) is 15.7. The minimum absolute atomic E-state index is 0.0443. The highest BCUT2D eigenvalue weighted by molar-refractivity contribution is 5.84. The number of methoxy groups -OCH3 is 1. The summed E-state index contributed by atoms with van der Waals surface area (Å²) in [5, 5.41) is 28.9. The molecular weight excluding hydrogens is 312 g/mol. The van der Waals surface area contributed by atoms with Gasteiger partial charge in [0.05, 0.1) is 7.11 Å². The van der Waals surface area contributed by atoms with Crippen LogP contribution in [0.25, 0.3) is 11.0 Å². The van der Waals surface area contributed by atoms with Gasteiger partial charge in [-0.1, -0.05) is 6.07 Å². The molecule has 3 N–H and O–H groups in total. The monoisotopic (exact) mass is 328 g/mol. The van der Waals surface area contributed by atoms with Crippen LogP contribution in [0.15, 0.2) is 45.6 Å². The van der Waals surface area contributed by atoms with E-state index in [1.165, 1.54) is 19.2 Å². The zero-order chi connectivity index (χ0) is 17.3. The Hall–Kier alpha value is -3.15. The third-order valence-electron chi connectivity index (χ3n) is 3.75. The van der Waals surface area contributed by atoms with Gasteiger partial charge in [-0.3, -0.25) is 4.79 Å². The van der Waals surface area contributed by atoms with Gasteiger partial charge < -0.3 is 24.5 Å². The molecule has 0 radical (unpaired) electrons. The molecule has 24 heavy (non-hydrogen) atoms. The number of ether oxygens (including phenoxy) is 1. The third-order valence-corrected chi connectivity index (χ3v) is 3.75. The highest BCUT2D eigenvalue weighted by atomic mass is 16.5. The second kappa shape index (κ2) is 6.16. The Labute approximate surface area is 137 Å². The van der Waals surface area contributed by atoms with Crippen molar-refractivity contribution in [1.82, 2.24) is 0 Å². The lowest BCUT2D eigenvalue weighted by Crippen LogP contribution is -2.03. The molecule has 0 atom stereocenters. The van der Waals surface area contributed by atoms with E-state index < -0.39 is 0 Å². The summed E-state index contributed by atoms with van der Waals surface area (Å²) in [6, 6.07) is 8.74. The number of hydrogen-bond donors (Lipinski definition) is 3. The normalized spacial score (nSPS) is 10.9. The Balaban J connectivity index is 1.89. The van der Waals surface area contributed by atoms with Crippen molar-refractivity contribution in [3.63, 3.8) is 0 Å². The van der Waals surface area contributed by atoms with Gasteiger partial charge in [-0.2, -0.15) is 0 Å². The fourth-order valence-electron chi connectivity index (χ4n) is 2.57. The minimum Gasteiger partial charge on any atom is -0.508 e. The predicted molar refractivity (Wildman–Crippen MR) is 87.9 cm³/mol. The fourth-order valence-corrected chi connectivity index (χ4v) is 2.57. The summed E-state index contributed by atoms with van der Waals surface area (Å²) in [5.41, 5.74) is 0.677. The van der Waals surface area contributed by atoms with Crippen molar-refractivity contribution in [2.75, 3.05) is 7.11 Å². The van der Waals surface area contributed by atoms with E-state index in [1.807, 2.05) is 0 Å². The molecule has 6 nitrogen and oxygen atoms in total. The Morgan fingerprint density at radius 1 is 1.00 bits per heavy atom. The first-order chi connectivity index (χ1) is 11.5. The fraction of sp³-hybridized carbons (Fsp3) is 0.167. The molecule has 3 aromatic rings. The molecule has 0 aliphatic carbocycles. The van der Waals surface area contributed by atoms with E-state index >= 15 is 0 Å². The van der Waals surface area contributed by atoms with Gasteiger partial charge in [0.1, 0.15) is 28.2 Å². The number of phenolic OH excluding ortho intramolecular Hbond substituents is 3. The van der Waals surface area contributed by atoms with E-state index in [0.29, 0.717) is 24.4 Å². The zero-order valence-electron chi connectivity index (χ0n) is 12.9. The molecule has 0 saturated heterocycles. The molecule has 0 saturated carbocycles. The number of hydrogen-bond acceptors (Lipinski definition) is 6.